The summed E-state index contributed by atoms with van der Waals surface area (Å²) in [6.07, 6.45) is 1.71. The molecule has 2 N–H and O–H groups in total. The Labute approximate surface area is 99.9 Å². The zero-order valence-corrected chi connectivity index (χ0v) is 10.1. The molecule has 2 aromatic rings. The molecule has 0 aliphatic carbocycles. The number of nitrogens with two attached hydrogens (primary N) is 1. The quantitative estimate of drug-likeness (QED) is 0.805. The van der Waals surface area contributed by atoms with E-state index in [9.17, 15) is 0 Å². The molecule has 0 aliphatic rings. The fourth-order valence-corrected chi connectivity index (χ4v) is 1.90. The Morgan fingerprint density at radius 3 is 2.56 bits per heavy atom. The van der Waals surface area contributed by atoms with E-state index >= 15 is 0 Å². The monoisotopic (exact) mass is 231 g/mol. The summed E-state index contributed by atoms with van der Waals surface area (Å²) in [4.78, 5) is 0.386. The minimum atomic E-state index is 0.386. The molecule has 0 radical (unpaired) electrons. The summed E-state index contributed by atoms with van der Waals surface area (Å²) in [5, 5.41) is 4.32. The van der Waals surface area contributed by atoms with Crippen molar-refractivity contribution in [2.24, 2.45) is 5.73 Å². The van der Waals surface area contributed by atoms with Crippen LogP contribution in [0.1, 0.15) is 16.8 Å². The van der Waals surface area contributed by atoms with E-state index < -0.39 is 0 Å². The van der Waals surface area contributed by atoms with Crippen molar-refractivity contribution in [2.75, 3.05) is 0 Å². The molecule has 3 nitrogen and oxygen atoms in total. The molecule has 0 saturated heterocycles. The molecule has 82 valence electrons. The van der Waals surface area contributed by atoms with Crippen LogP contribution in [0.25, 0.3) is 5.69 Å². The third kappa shape index (κ3) is 1.72. The number of thiocarbonyl (C=S) groups is 1. The maximum absolute atomic E-state index is 5.62. The minimum absolute atomic E-state index is 0.386. The van der Waals surface area contributed by atoms with E-state index in [-0.39, 0.29) is 0 Å². The van der Waals surface area contributed by atoms with Crippen LogP contribution in [0, 0.1) is 13.8 Å². The van der Waals surface area contributed by atoms with E-state index in [1.165, 1.54) is 5.56 Å². The van der Waals surface area contributed by atoms with Crippen molar-refractivity contribution in [1.29, 1.82) is 0 Å². The second-order valence-electron chi connectivity index (χ2n) is 3.71. The Kier molecular flexibility index (Phi) is 2.75. The molecule has 1 aromatic carbocycles. The Morgan fingerprint density at radius 2 is 2.00 bits per heavy atom. The second kappa shape index (κ2) is 4.06. The van der Waals surface area contributed by atoms with Crippen LogP contribution in [0.4, 0.5) is 0 Å². The van der Waals surface area contributed by atoms with Gasteiger partial charge in [-0.05, 0) is 25.5 Å². The Bertz CT molecular complexity index is 543. The van der Waals surface area contributed by atoms with Gasteiger partial charge in [0.05, 0.1) is 23.1 Å². The molecule has 16 heavy (non-hydrogen) atoms. The van der Waals surface area contributed by atoms with Crippen molar-refractivity contribution < 1.29 is 0 Å². The van der Waals surface area contributed by atoms with Crippen LogP contribution in [0.5, 0.6) is 0 Å². The first kappa shape index (κ1) is 10.8. The molecule has 1 heterocycles. The van der Waals surface area contributed by atoms with Crippen molar-refractivity contribution in [1.82, 2.24) is 9.78 Å². The number of nitrogens with zero attached hydrogens (tertiary/aromatic N) is 2. The van der Waals surface area contributed by atoms with E-state index in [0.717, 1.165) is 16.9 Å². The average Bonchev–Trinajstić information content (AvgIpc) is 2.61. The molecule has 0 bridgehead atoms. The summed E-state index contributed by atoms with van der Waals surface area (Å²) in [5.74, 6) is 0. The van der Waals surface area contributed by atoms with Gasteiger partial charge in [-0.1, -0.05) is 30.4 Å². The second-order valence-corrected chi connectivity index (χ2v) is 4.15. The maximum atomic E-state index is 5.62. The predicted molar refractivity (Wildman–Crippen MR) is 68.9 cm³/mol. The SMILES string of the molecule is Cc1ccccc1-n1ncc(C(N)=S)c1C. The van der Waals surface area contributed by atoms with Crippen molar-refractivity contribution in [2.45, 2.75) is 13.8 Å². The van der Waals surface area contributed by atoms with Crippen molar-refractivity contribution in [3.05, 3.63) is 47.3 Å². The molecule has 0 atom stereocenters. The zero-order chi connectivity index (χ0) is 11.7. The summed E-state index contributed by atoms with van der Waals surface area (Å²) >= 11 is 4.97. The fraction of sp³-hybridized carbons (Fsp3) is 0.167. The predicted octanol–water partition coefficient (Wildman–Crippen LogP) is 2.12. The molecule has 4 heteroatoms. The van der Waals surface area contributed by atoms with Gasteiger partial charge >= 0.3 is 0 Å². The topological polar surface area (TPSA) is 43.8 Å². The van der Waals surface area contributed by atoms with Gasteiger partial charge in [0.2, 0.25) is 0 Å². The number of hydrogen-bond acceptors (Lipinski definition) is 2. The highest BCUT2D eigenvalue weighted by molar-refractivity contribution is 7.80. The standard InChI is InChI=1S/C12H13N3S/c1-8-5-3-4-6-11(8)15-9(2)10(7-14-15)12(13)16/h3-7H,1-2H3,(H2,13,16). The van der Waals surface area contributed by atoms with Gasteiger partial charge in [-0.15, -0.1) is 0 Å². The first-order chi connectivity index (χ1) is 7.61. The van der Waals surface area contributed by atoms with E-state index in [1.807, 2.05) is 29.8 Å². The van der Waals surface area contributed by atoms with Gasteiger partial charge < -0.3 is 5.73 Å². The number of para-hydroxylation sites is 1. The lowest BCUT2D eigenvalue weighted by molar-refractivity contribution is 0.840. The van der Waals surface area contributed by atoms with Gasteiger partial charge in [0.15, 0.2) is 0 Å². The number of rotatable bonds is 2. The van der Waals surface area contributed by atoms with Crippen LogP contribution in [-0.4, -0.2) is 14.8 Å². The molecule has 0 saturated carbocycles. The molecule has 1 aromatic heterocycles. The summed E-state index contributed by atoms with van der Waals surface area (Å²) < 4.78 is 1.86. The molecule has 0 amide bonds. The van der Waals surface area contributed by atoms with Gasteiger partial charge in [-0.3, -0.25) is 0 Å². The molecule has 2 rings (SSSR count). The van der Waals surface area contributed by atoms with Crippen LogP contribution in [-0.2, 0) is 0 Å². The zero-order valence-electron chi connectivity index (χ0n) is 9.27. The highest BCUT2D eigenvalue weighted by Crippen LogP contribution is 2.17. The molecular formula is C12H13N3S. The summed E-state index contributed by atoms with van der Waals surface area (Å²) in [7, 11) is 0. The smallest absolute Gasteiger partial charge is 0.107 e. The van der Waals surface area contributed by atoms with Crippen LogP contribution < -0.4 is 5.73 Å². The third-order valence-corrected chi connectivity index (χ3v) is 2.84. The van der Waals surface area contributed by atoms with Gasteiger partial charge in [-0.25, -0.2) is 4.68 Å². The van der Waals surface area contributed by atoms with Crippen molar-refractivity contribution in [3.63, 3.8) is 0 Å². The Balaban J connectivity index is 2.58. The average molecular weight is 231 g/mol. The van der Waals surface area contributed by atoms with Crippen LogP contribution in [0.3, 0.4) is 0 Å². The Morgan fingerprint density at radius 1 is 1.31 bits per heavy atom. The van der Waals surface area contributed by atoms with Gasteiger partial charge in [0.25, 0.3) is 0 Å². The lowest BCUT2D eigenvalue weighted by atomic mass is 10.2. The lowest BCUT2D eigenvalue weighted by Gasteiger charge is -2.08. The summed E-state index contributed by atoms with van der Waals surface area (Å²) in [6.45, 7) is 4.02. The largest absolute Gasteiger partial charge is 0.389 e. The molecule has 0 aliphatic heterocycles. The number of hydrogen-bond donors (Lipinski definition) is 1. The van der Waals surface area contributed by atoms with Gasteiger partial charge in [0, 0.05) is 0 Å². The molecule has 0 spiro atoms. The Hall–Kier alpha value is -1.68. The third-order valence-electron chi connectivity index (χ3n) is 2.62. The first-order valence-corrected chi connectivity index (χ1v) is 5.42. The normalized spacial score (nSPS) is 10.4. The van der Waals surface area contributed by atoms with Crippen molar-refractivity contribution >= 4 is 17.2 Å². The van der Waals surface area contributed by atoms with E-state index in [4.69, 9.17) is 18.0 Å². The lowest BCUT2D eigenvalue weighted by Crippen LogP contribution is -2.11. The first-order valence-electron chi connectivity index (χ1n) is 5.01. The molecule has 0 unspecified atom stereocenters. The summed E-state index contributed by atoms with van der Waals surface area (Å²) in [5.41, 5.74) is 9.66. The number of aryl methyl sites for hydroxylation is 1. The van der Waals surface area contributed by atoms with Crippen LogP contribution in [0.2, 0.25) is 0 Å². The van der Waals surface area contributed by atoms with E-state index in [1.54, 1.807) is 6.20 Å². The van der Waals surface area contributed by atoms with E-state index in [2.05, 4.69) is 18.1 Å². The highest BCUT2D eigenvalue weighted by atomic mass is 32.1. The van der Waals surface area contributed by atoms with Crippen LogP contribution in [0.15, 0.2) is 30.5 Å². The highest BCUT2D eigenvalue weighted by Gasteiger charge is 2.10. The number of benzene rings is 1. The minimum Gasteiger partial charge on any atom is -0.389 e. The van der Waals surface area contributed by atoms with Gasteiger partial charge in [-0.2, -0.15) is 5.10 Å². The molecular weight excluding hydrogens is 218 g/mol. The molecule has 0 fully saturated rings. The maximum Gasteiger partial charge on any atom is 0.107 e. The van der Waals surface area contributed by atoms with E-state index in [0.29, 0.717) is 4.99 Å². The van der Waals surface area contributed by atoms with Gasteiger partial charge in [0.1, 0.15) is 4.99 Å². The van der Waals surface area contributed by atoms with Crippen molar-refractivity contribution in [3.8, 4) is 5.69 Å². The summed E-state index contributed by atoms with van der Waals surface area (Å²) in [6, 6.07) is 8.08. The fourth-order valence-electron chi connectivity index (χ4n) is 1.70. The van der Waals surface area contributed by atoms with Crippen LogP contribution >= 0.6 is 12.2 Å². The number of aromatic nitrogens is 2.